The molecule has 17 heavy (non-hydrogen) atoms. The maximum absolute atomic E-state index is 5.94. The van der Waals surface area contributed by atoms with Crippen LogP contribution in [-0.4, -0.2) is 37.0 Å². The fourth-order valence-corrected chi connectivity index (χ4v) is 1.75. The summed E-state index contributed by atoms with van der Waals surface area (Å²) in [6.07, 6.45) is 0. The van der Waals surface area contributed by atoms with Gasteiger partial charge in [0.05, 0.1) is 6.54 Å². The molecule has 0 atom stereocenters. The minimum absolute atomic E-state index is 0. The van der Waals surface area contributed by atoms with E-state index in [0.29, 0.717) is 12.5 Å². The zero-order chi connectivity index (χ0) is 11.2. The maximum atomic E-state index is 5.94. The lowest BCUT2D eigenvalue weighted by Gasteiger charge is -2.28. The molecule has 5 heteroatoms. The lowest BCUT2D eigenvalue weighted by molar-refractivity contribution is 0.353. The van der Waals surface area contributed by atoms with Crippen molar-refractivity contribution in [1.29, 1.82) is 0 Å². The number of hydrogen-bond donors (Lipinski definition) is 2. The van der Waals surface area contributed by atoms with Gasteiger partial charge in [0.2, 0.25) is 0 Å². The van der Waals surface area contributed by atoms with Gasteiger partial charge in [-0.3, -0.25) is 0 Å². The molecule has 2 rings (SSSR count). The van der Waals surface area contributed by atoms with Gasteiger partial charge in [-0.15, -0.1) is 24.0 Å². The van der Waals surface area contributed by atoms with Gasteiger partial charge < -0.3 is 16.0 Å². The number of benzene rings is 1. The SMILES string of the molecule is I.NC(=NCc1ccccc1)N1CCNCC1. The van der Waals surface area contributed by atoms with Gasteiger partial charge in [-0.1, -0.05) is 30.3 Å². The van der Waals surface area contributed by atoms with E-state index in [1.165, 1.54) is 5.56 Å². The van der Waals surface area contributed by atoms with Crippen LogP contribution in [0.15, 0.2) is 35.3 Å². The van der Waals surface area contributed by atoms with Crippen molar-refractivity contribution in [3.8, 4) is 0 Å². The second-order valence-corrected chi connectivity index (χ2v) is 3.90. The zero-order valence-electron chi connectivity index (χ0n) is 9.80. The van der Waals surface area contributed by atoms with Crippen LogP contribution in [0.1, 0.15) is 5.56 Å². The molecule has 4 nitrogen and oxygen atoms in total. The first-order chi connectivity index (χ1) is 7.86. The summed E-state index contributed by atoms with van der Waals surface area (Å²) in [4.78, 5) is 6.54. The van der Waals surface area contributed by atoms with Crippen LogP contribution < -0.4 is 11.1 Å². The number of piperazine rings is 1. The van der Waals surface area contributed by atoms with Gasteiger partial charge in [-0.25, -0.2) is 4.99 Å². The predicted molar refractivity (Wildman–Crippen MR) is 81.6 cm³/mol. The second-order valence-electron chi connectivity index (χ2n) is 3.90. The molecule has 0 spiro atoms. The molecule has 0 amide bonds. The number of nitrogens with zero attached hydrogens (tertiary/aromatic N) is 2. The van der Waals surface area contributed by atoms with Gasteiger partial charge in [0.25, 0.3) is 0 Å². The van der Waals surface area contributed by atoms with Crippen LogP contribution >= 0.6 is 24.0 Å². The molecule has 1 heterocycles. The minimum atomic E-state index is 0. The van der Waals surface area contributed by atoms with E-state index in [0.717, 1.165) is 26.2 Å². The Kier molecular flexibility index (Phi) is 6.28. The fraction of sp³-hybridized carbons (Fsp3) is 0.417. The summed E-state index contributed by atoms with van der Waals surface area (Å²) in [6.45, 7) is 4.54. The Labute approximate surface area is 119 Å². The van der Waals surface area contributed by atoms with E-state index in [2.05, 4.69) is 27.3 Å². The molecule has 94 valence electrons. The molecule has 1 aliphatic heterocycles. The molecule has 3 N–H and O–H groups in total. The van der Waals surface area contributed by atoms with Crippen LogP contribution in [-0.2, 0) is 6.54 Å². The van der Waals surface area contributed by atoms with Gasteiger partial charge in [-0.05, 0) is 5.56 Å². The third-order valence-corrected chi connectivity index (χ3v) is 2.71. The Balaban J connectivity index is 0.00000144. The third-order valence-electron chi connectivity index (χ3n) is 2.71. The minimum Gasteiger partial charge on any atom is -0.370 e. The molecule has 1 aromatic carbocycles. The van der Waals surface area contributed by atoms with Crippen molar-refractivity contribution in [2.24, 2.45) is 10.7 Å². The Morgan fingerprint density at radius 2 is 1.88 bits per heavy atom. The Morgan fingerprint density at radius 1 is 1.24 bits per heavy atom. The smallest absolute Gasteiger partial charge is 0.191 e. The number of nitrogens with one attached hydrogen (secondary N) is 1. The maximum Gasteiger partial charge on any atom is 0.191 e. The highest BCUT2D eigenvalue weighted by Gasteiger charge is 2.10. The monoisotopic (exact) mass is 346 g/mol. The largest absolute Gasteiger partial charge is 0.370 e. The summed E-state index contributed by atoms with van der Waals surface area (Å²) >= 11 is 0. The van der Waals surface area contributed by atoms with Crippen LogP contribution in [0.5, 0.6) is 0 Å². The molecule has 1 saturated heterocycles. The van der Waals surface area contributed by atoms with E-state index in [1.807, 2.05) is 18.2 Å². The van der Waals surface area contributed by atoms with Gasteiger partial charge in [0.1, 0.15) is 0 Å². The summed E-state index contributed by atoms with van der Waals surface area (Å²) in [7, 11) is 0. The van der Waals surface area contributed by atoms with E-state index in [4.69, 9.17) is 5.73 Å². The highest BCUT2D eigenvalue weighted by Crippen LogP contribution is 2.01. The molecule has 1 fully saturated rings. The standard InChI is InChI=1S/C12H18N4.HI/c13-12(16-8-6-14-7-9-16)15-10-11-4-2-1-3-5-11;/h1-5,14H,6-10H2,(H2,13,15);1H. The van der Waals surface area contributed by atoms with E-state index >= 15 is 0 Å². The molecular formula is C12H19IN4. The average molecular weight is 346 g/mol. The lowest BCUT2D eigenvalue weighted by atomic mass is 10.2. The summed E-state index contributed by atoms with van der Waals surface area (Å²) < 4.78 is 0. The van der Waals surface area contributed by atoms with Crippen molar-refractivity contribution in [2.75, 3.05) is 26.2 Å². The highest BCUT2D eigenvalue weighted by molar-refractivity contribution is 14.0. The lowest BCUT2D eigenvalue weighted by Crippen LogP contribution is -2.49. The third kappa shape index (κ3) is 4.51. The molecule has 1 aromatic rings. The Morgan fingerprint density at radius 3 is 2.53 bits per heavy atom. The van der Waals surface area contributed by atoms with Crippen LogP contribution in [0.3, 0.4) is 0 Å². The molecule has 0 aromatic heterocycles. The highest BCUT2D eigenvalue weighted by atomic mass is 127. The van der Waals surface area contributed by atoms with E-state index < -0.39 is 0 Å². The molecule has 0 saturated carbocycles. The summed E-state index contributed by atoms with van der Waals surface area (Å²) in [5.41, 5.74) is 7.14. The number of halogens is 1. The van der Waals surface area contributed by atoms with Crippen molar-refractivity contribution in [2.45, 2.75) is 6.54 Å². The van der Waals surface area contributed by atoms with Crippen LogP contribution in [0.4, 0.5) is 0 Å². The Bertz CT molecular complexity index is 347. The Hall–Kier alpha value is -0.820. The quantitative estimate of drug-likeness (QED) is 0.478. The second kappa shape index (κ2) is 7.50. The normalized spacial score (nSPS) is 16.5. The van der Waals surface area contributed by atoms with Crippen molar-refractivity contribution in [3.05, 3.63) is 35.9 Å². The summed E-state index contributed by atoms with van der Waals surface area (Å²) in [5.74, 6) is 0.658. The number of aliphatic imine (C=N–C) groups is 1. The van der Waals surface area contributed by atoms with E-state index in [9.17, 15) is 0 Å². The zero-order valence-corrected chi connectivity index (χ0v) is 12.1. The first kappa shape index (κ1) is 14.2. The molecular weight excluding hydrogens is 327 g/mol. The summed E-state index contributed by atoms with van der Waals surface area (Å²) in [6, 6.07) is 10.2. The van der Waals surface area contributed by atoms with E-state index in [1.54, 1.807) is 0 Å². The number of guanidine groups is 1. The number of hydrogen-bond acceptors (Lipinski definition) is 2. The van der Waals surface area contributed by atoms with Gasteiger partial charge in [0.15, 0.2) is 5.96 Å². The van der Waals surface area contributed by atoms with Gasteiger partial charge >= 0.3 is 0 Å². The fourth-order valence-electron chi connectivity index (χ4n) is 1.75. The van der Waals surface area contributed by atoms with E-state index in [-0.39, 0.29) is 24.0 Å². The van der Waals surface area contributed by atoms with Crippen LogP contribution in [0.2, 0.25) is 0 Å². The van der Waals surface area contributed by atoms with Gasteiger partial charge in [0, 0.05) is 26.2 Å². The topological polar surface area (TPSA) is 53.6 Å². The molecule has 1 aliphatic rings. The van der Waals surface area contributed by atoms with Crippen molar-refractivity contribution >= 4 is 29.9 Å². The van der Waals surface area contributed by atoms with Crippen LogP contribution in [0.25, 0.3) is 0 Å². The molecule has 0 aliphatic carbocycles. The first-order valence-electron chi connectivity index (χ1n) is 5.66. The summed E-state index contributed by atoms with van der Waals surface area (Å²) in [5, 5.41) is 3.29. The average Bonchev–Trinajstić information content (AvgIpc) is 2.38. The number of nitrogens with two attached hydrogens (primary N) is 1. The number of rotatable bonds is 2. The molecule has 0 radical (unpaired) electrons. The van der Waals surface area contributed by atoms with Crippen molar-refractivity contribution < 1.29 is 0 Å². The molecule has 0 bridgehead atoms. The predicted octanol–water partition coefficient (Wildman–Crippen LogP) is 1.02. The molecule has 0 unspecified atom stereocenters. The van der Waals surface area contributed by atoms with Crippen molar-refractivity contribution in [3.63, 3.8) is 0 Å². The van der Waals surface area contributed by atoms with Crippen LogP contribution in [0, 0.1) is 0 Å². The first-order valence-corrected chi connectivity index (χ1v) is 5.66. The van der Waals surface area contributed by atoms with Crippen molar-refractivity contribution in [1.82, 2.24) is 10.2 Å². The van der Waals surface area contributed by atoms with Gasteiger partial charge in [-0.2, -0.15) is 0 Å².